The Morgan fingerprint density at radius 3 is 1.31 bits per heavy atom. The van der Waals surface area contributed by atoms with E-state index < -0.39 is 0 Å². The normalized spacial score (nSPS) is 15.6. The summed E-state index contributed by atoms with van der Waals surface area (Å²) in [5.41, 5.74) is 15.6. The van der Waals surface area contributed by atoms with Crippen molar-refractivity contribution >= 4 is 57.7 Å². The summed E-state index contributed by atoms with van der Waals surface area (Å²) in [6.45, 7) is 0. The number of nitrogens with zero attached hydrogens (tertiary/aromatic N) is 4. The zero-order valence-corrected chi connectivity index (χ0v) is 18.3. The van der Waals surface area contributed by atoms with Crippen LogP contribution in [0.3, 0.4) is 0 Å². The maximum atomic E-state index is 5.30. The minimum Gasteiger partial charge on any atom is -0.267 e. The van der Waals surface area contributed by atoms with Gasteiger partial charge in [0.25, 0.3) is 0 Å². The molecule has 3 aromatic rings. The maximum Gasteiger partial charge on any atom is 0.206 e. The summed E-state index contributed by atoms with van der Waals surface area (Å²) in [4.78, 5) is 0. The molecule has 2 aliphatic heterocycles. The fourth-order valence-electron chi connectivity index (χ4n) is 3.43. The van der Waals surface area contributed by atoms with Gasteiger partial charge in [-0.25, -0.2) is 10.0 Å². The van der Waals surface area contributed by atoms with E-state index in [-0.39, 0.29) is 0 Å². The van der Waals surface area contributed by atoms with E-state index in [2.05, 4.69) is 31.9 Å². The molecule has 4 N–H and O–H groups in total. The van der Waals surface area contributed by atoms with Gasteiger partial charge in [0.15, 0.2) is 11.7 Å². The summed E-state index contributed by atoms with van der Waals surface area (Å²) >= 11 is 10.6. The summed E-state index contributed by atoms with van der Waals surface area (Å²) < 4.78 is 0. The summed E-state index contributed by atoms with van der Waals surface area (Å²) in [6.07, 6.45) is 0. The highest BCUT2D eigenvalue weighted by molar-refractivity contribution is 7.80. The predicted molar refractivity (Wildman–Crippen MR) is 135 cm³/mol. The Kier molecular flexibility index (Phi) is 5.36. The number of benzene rings is 3. The monoisotopic (exact) mass is 458 g/mol. The van der Waals surface area contributed by atoms with E-state index in [9.17, 15) is 0 Å². The van der Waals surface area contributed by atoms with Gasteiger partial charge in [-0.3, -0.25) is 21.7 Å². The molecule has 0 atom stereocenters. The topological polar surface area (TPSA) is 79.3 Å². The number of para-hydroxylation sites is 2. The van der Waals surface area contributed by atoms with Gasteiger partial charge >= 0.3 is 0 Å². The molecular formula is C22H18N8S2. The average Bonchev–Trinajstić information content (AvgIpc) is 2.85. The number of hydrazine groups is 2. The number of hydrogen-bond donors (Lipinski definition) is 4. The molecule has 0 aromatic heterocycles. The van der Waals surface area contributed by atoms with E-state index in [0.29, 0.717) is 21.9 Å². The second-order valence-corrected chi connectivity index (χ2v) is 7.68. The van der Waals surface area contributed by atoms with Gasteiger partial charge in [0.1, 0.15) is 0 Å². The highest BCUT2D eigenvalue weighted by atomic mass is 32.1. The van der Waals surface area contributed by atoms with Gasteiger partial charge in [-0.15, -0.1) is 0 Å². The molecule has 3 aromatic carbocycles. The molecule has 10 heteroatoms. The van der Waals surface area contributed by atoms with E-state index in [1.807, 2.05) is 94.9 Å². The van der Waals surface area contributed by atoms with E-state index >= 15 is 0 Å². The molecule has 0 radical (unpaired) electrons. The summed E-state index contributed by atoms with van der Waals surface area (Å²) in [5, 5.41) is 13.6. The number of thiocarbonyl (C=S) groups is 2. The Hall–Kier alpha value is -4.02. The summed E-state index contributed by atoms with van der Waals surface area (Å²) in [7, 11) is 0. The van der Waals surface area contributed by atoms with Crippen molar-refractivity contribution in [3.8, 4) is 0 Å². The molecule has 8 nitrogen and oxygen atoms in total. The average molecular weight is 459 g/mol. The van der Waals surface area contributed by atoms with Crippen molar-refractivity contribution in [1.82, 2.24) is 21.7 Å². The van der Waals surface area contributed by atoms with Crippen LogP contribution in [-0.4, -0.2) is 21.9 Å². The Balaban J connectivity index is 1.62. The molecule has 32 heavy (non-hydrogen) atoms. The molecular weight excluding hydrogens is 440 g/mol. The minimum absolute atomic E-state index is 0.407. The van der Waals surface area contributed by atoms with Crippen LogP contribution in [0.25, 0.3) is 0 Å². The van der Waals surface area contributed by atoms with Gasteiger partial charge in [-0.2, -0.15) is 10.2 Å². The molecule has 158 valence electrons. The van der Waals surface area contributed by atoms with Gasteiger partial charge in [-0.05, 0) is 48.7 Å². The fraction of sp³-hybridized carbons (Fsp3) is 0. The van der Waals surface area contributed by atoms with Crippen LogP contribution in [0.2, 0.25) is 0 Å². The van der Waals surface area contributed by atoms with Gasteiger partial charge in [0.2, 0.25) is 10.2 Å². The number of nitrogens with one attached hydrogen (secondary N) is 4. The third-order valence-electron chi connectivity index (χ3n) is 4.81. The predicted octanol–water partition coefficient (Wildman–Crippen LogP) is 2.81. The van der Waals surface area contributed by atoms with Crippen molar-refractivity contribution in [2.24, 2.45) is 10.2 Å². The van der Waals surface area contributed by atoms with Crippen LogP contribution >= 0.6 is 24.4 Å². The first kappa shape index (κ1) is 19.9. The Morgan fingerprint density at radius 2 is 0.906 bits per heavy atom. The third kappa shape index (κ3) is 3.84. The van der Waals surface area contributed by atoms with Crippen LogP contribution in [0.4, 0.5) is 11.4 Å². The second kappa shape index (κ2) is 8.61. The number of amidine groups is 2. The highest BCUT2D eigenvalue weighted by Gasteiger charge is 2.28. The van der Waals surface area contributed by atoms with Crippen molar-refractivity contribution in [3.05, 3.63) is 96.1 Å². The van der Waals surface area contributed by atoms with Crippen molar-refractivity contribution in [3.63, 3.8) is 0 Å². The van der Waals surface area contributed by atoms with Crippen LogP contribution in [0.15, 0.2) is 95.1 Å². The molecule has 2 heterocycles. The Morgan fingerprint density at radius 1 is 0.531 bits per heavy atom. The summed E-state index contributed by atoms with van der Waals surface area (Å²) in [6, 6.07) is 27.6. The highest BCUT2D eigenvalue weighted by Crippen LogP contribution is 2.23. The number of hydrazone groups is 2. The molecule has 0 saturated heterocycles. The van der Waals surface area contributed by atoms with E-state index in [4.69, 9.17) is 24.4 Å². The van der Waals surface area contributed by atoms with Crippen LogP contribution < -0.4 is 31.7 Å². The standard InChI is InChI=1S/C22H18N8S2/c31-21-25-23-19(29(27-21)15-9-3-1-4-10-15)17-13-7-8-14-18(17)20-24-26-22(32)28-30(20)16-11-5-2-6-12-16/h1-14H,(H2,25,27,31)(H2,26,28,32). The Labute approximate surface area is 195 Å². The van der Waals surface area contributed by atoms with E-state index in [1.54, 1.807) is 0 Å². The molecule has 0 unspecified atom stereocenters. The first-order valence-corrected chi connectivity index (χ1v) is 10.6. The van der Waals surface area contributed by atoms with E-state index in [0.717, 1.165) is 22.5 Å². The Bertz CT molecular complexity index is 1130. The van der Waals surface area contributed by atoms with Crippen molar-refractivity contribution < 1.29 is 0 Å². The third-order valence-corrected chi connectivity index (χ3v) is 5.18. The smallest absolute Gasteiger partial charge is 0.206 e. The lowest BCUT2D eigenvalue weighted by atomic mass is 10.0. The molecule has 0 fully saturated rings. The zero-order chi connectivity index (χ0) is 21.9. The van der Waals surface area contributed by atoms with Crippen LogP contribution in [0.1, 0.15) is 11.1 Å². The number of rotatable bonds is 4. The molecule has 2 aliphatic rings. The lowest BCUT2D eigenvalue weighted by Gasteiger charge is -2.34. The van der Waals surface area contributed by atoms with Gasteiger partial charge in [0, 0.05) is 11.1 Å². The SMILES string of the molecule is S=C1NN=C(c2ccccc2C2=NNC(=S)NN2c2ccccc2)N(c2ccccc2)N1. The fourth-order valence-corrected chi connectivity index (χ4v) is 3.70. The first-order chi connectivity index (χ1) is 15.7. The number of anilines is 2. The van der Waals surface area contributed by atoms with Crippen molar-refractivity contribution in [1.29, 1.82) is 0 Å². The lowest BCUT2D eigenvalue weighted by Crippen LogP contribution is -2.56. The molecule has 0 spiro atoms. The molecule has 0 aliphatic carbocycles. The molecule has 5 rings (SSSR count). The van der Waals surface area contributed by atoms with Gasteiger partial charge in [-0.1, -0.05) is 60.7 Å². The largest absolute Gasteiger partial charge is 0.267 e. The quantitative estimate of drug-likeness (QED) is 0.445. The molecule has 0 bridgehead atoms. The molecule has 0 amide bonds. The first-order valence-electron chi connectivity index (χ1n) is 9.79. The minimum atomic E-state index is 0.407. The lowest BCUT2D eigenvalue weighted by molar-refractivity contribution is 0.837. The maximum absolute atomic E-state index is 5.30. The van der Waals surface area contributed by atoms with Crippen LogP contribution in [0, 0.1) is 0 Å². The molecule has 0 saturated carbocycles. The van der Waals surface area contributed by atoms with E-state index in [1.165, 1.54) is 0 Å². The van der Waals surface area contributed by atoms with Crippen LogP contribution in [-0.2, 0) is 0 Å². The zero-order valence-electron chi connectivity index (χ0n) is 16.7. The van der Waals surface area contributed by atoms with Gasteiger partial charge < -0.3 is 0 Å². The summed E-state index contributed by atoms with van der Waals surface area (Å²) in [5.74, 6) is 1.29. The second-order valence-electron chi connectivity index (χ2n) is 6.86. The van der Waals surface area contributed by atoms with Crippen molar-refractivity contribution in [2.45, 2.75) is 0 Å². The van der Waals surface area contributed by atoms with Crippen molar-refractivity contribution in [2.75, 3.05) is 10.0 Å². The number of hydrogen-bond acceptors (Lipinski definition) is 6. The van der Waals surface area contributed by atoms with Gasteiger partial charge in [0.05, 0.1) is 11.4 Å². The van der Waals surface area contributed by atoms with Crippen LogP contribution in [0.5, 0.6) is 0 Å².